The number of para-hydroxylation sites is 1. The number of carbonyl (C=O) groups excluding carboxylic acids is 1. The normalized spacial score (nSPS) is 10.8. The third kappa shape index (κ3) is 2.52. The van der Waals surface area contributed by atoms with E-state index >= 15 is 0 Å². The first-order chi connectivity index (χ1) is 11.8. The van der Waals surface area contributed by atoms with E-state index in [-0.39, 0.29) is 5.91 Å². The van der Waals surface area contributed by atoms with Gasteiger partial charge in [0.1, 0.15) is 5.82 Å². The van der Waals surface area contributed by atoms with Gasteiger partial charge in [-0.25, -0.2) is 15.0 Å². The maximum absolute atomic E-state index is 12.5. The van der Waals surface area contributed by atoms with Gasteiger partial charge in [-0.1, -0.05) is 18.2 Å². The molecule has 0 aliphatic heterocycles. The lowest BCUT2D eigenvalue weighted by Crippen LogP contribution is -2.24. The van der Waals surface area contributed by atoms with Crippen molar-refractivity contribution in [1.82, 2.24) is 29.8 Å². The summed E-state index contributed by atoms with van der Waals surface area (Å²) in [5.74, 6) is 0.554. The number of nitrogens with zero attached hydrogens (tertiary/aromatic N) is 4. The van der Waals surface area contributed by atoms with Gasteiger partial charge < -0.3 is 14.9 Å². The number of fused-ring (bicyclic) bond motifs is 1. The Morgan fingerprint density at radius 2 is 1.96 bits per heavy atom. The van der Waals surface area contributed by atoms with Crippen LogP contribution in [0.5, 0.6) is 0 Å². The van der Waals surface area contributed by atoms with Crippen LogP contribution < -0.4 is 5.32 Å². The van der Waals surface area contributed by atoms with E-state index in [0.29, 0.717) is 23.3 Å². The molecule has 0 saturated carbocycles. The Morgan fingerprint density at radius 3 is 2.83 bits per heavy atom. The minimum atomic E-state index is -0.200. The topological polar surface area (TPSA) is 88.5 Å². The Balaban J connectivity index is 1.55. The Morgan fingerprint density at radius 1 is 1.08 bits per heavy atom. The zero-order valence-corrected chi connectivity index (χ0v) is 12.7. The van der Waals surface area contributed by atoms with Gasteiger partial charge in [0.25, 0.3) is 5.91 Å². The summed E-state index contributed by atoms with van der Waals surface area (Å²) in [6.45, 7) is 0.318. The van der Waals surface area contributed by atoms with Crippen molar-refractivity contribution in [3.8, 4) is 5.69 Å². The molecular weight excluding hydrogens is 304 g/mol. The van der Waals surface area contributed by atoms with Crippen LogP contribution in [0.4, 0.5) is 0 Å². The molecule has 0 spiro atoms. The van der Waals surface area contributed by atoms with Gasteiger partial charge >= 0.3 is 0 Å². The molecule has 0 saturated heterocycles. The fraction of sp³-hybridized carbons (Fsp3) is 0.0588. The van der Waals surface area contributed by atoms with Gasteiger partial charge in [0.15, 0.2) is 5.65 Å². The molecule has 4 aromatic rings. The van der Waals surface area contributed by atoms with Crippen LogP contribution in [0, 0.1) is 0 Å². The largest absolute Gasteiger partial charge is 0.345 e. The summed E-state index contributed by atoms with van der Waals surface area (Å²) in [4.78, 5) is 27.9. The first-order valence-corrected chi connectivity index (χ1v) is 7.47. The third-order valence-electron chi connectivity index (χ3n) is 3.73. The predicted molar refractivity (Wildman–Crippen MR) is 88.6 cm³/mol. The number of amides is 1. The minimum absolute atomic E-state index is 0.200. The molecule has 118 valence electrons. The van der Waals surface area contributed by atoms with Gasteiger partial charge in [-0.15, -0.1) is 0 Å². The van der Waals surface area contributed by atoms with Crippen LogP contribution >= 0.6 is 0 Å². The monoisotopic (exact) mass is 318 g/mol. The number of rotatable bonds is 4. The number of H-pyrrole nitrogens is 1. The lowest BCUT2D eigenvalue weighted by molar-refractivity contribution is 0.0951. The smallest absolute Gasteiger partial charge is 0.253 e. The third-order valence-corrected chi connectivity index (χ3v) is 3.73. The molecule has 0 aliphatic carbocycles. The zero-order chi connectivity index (χ0) is 16.4. The lowest BCUT2D eigenvalue weighted by atomic mass is 10.2. The van der Waals surface area contributed by atoms with E-state index in [1.807, 2.05) is 41.1 Å². The van der Waals surface area contributed by atoms with Gasteiger partial charge in [-0.05, 0) is 18.2 Å². The van der Waals surface area contributed by atoms with Crippen LogP contribution in [0.1, 0.15) is 16.2 Å². The van der Waals surface area contributed by atoms with E-state index in [4.69, 9.17) is 0 Å². The second-order valence-corrected chi connectivity index (χ2v) is 5.19. The molecule has 3 heterocycles. The molecule has 0 fully saturated rings. The van der Waals surface area contributed by atoms with Crippen LogP contribution in [-0.2, 0) is 6.54 Å². The number of nitrogens with one attached hydrogen (secondary N) is 2. The number of benzene rings is 1. The molecule has 7 heteroatoms. The quantitative estimate of drug-likeness (QED) is 0.603. The van der Waals surface area contributed by atoms with E-state index in [9.17, 15) is 4.79 Å². The summed E-state index contributed by atoms with van der Waals surface area (Å²) >= 11 is 0. The predicted octanol–water partition coefficient (Wildman–Crippen LogP) is 2.07. The van der Waals surface area contributed by atoms with Crippen molar-refractivity contribution < 1.29 is 4.79 Å². The second kappa shape index (κ2) is 5.96. The minimum Gasteiger partial charge on any atom is -0.345 e. The van der Waals surface area contributed by atoms with Gasteiger partial charge in [-0.2, -0.15) is 0 Å². The Labute approximate surface area is 137 Å². The van der Waals surface area contributed by atoms with Crippen molar-refractivity contribution in [3.05, 3.63) is 72.7 Å². The SMILES string of the molecule is O=C(NCc1nccn1-c1ccccc1)c1ccnc2nc[nH]c12. The van der Waals surface area contributed by atoms with Crippen molar-refractivity contribution in [2.45, 2.75) is 6.54 Å². The summed E-state index contributed by atoms with van der Waals surface area (Å²) in [5.41, 5.74) is 2.66. The first kappa shape index (κ1) is 14.1. The van der Waals surface area contributed by atoms with Crippen LogP contribution in [0.3, 0.4) is 0 Å². The van der Waals surface area contributed by atoms with Gasteiger partial charge in [-0.3, -0.25) is 4.79 Å². The van der Waals surface area contributed by atoms with E-state index in [1.165, 1.54) is 6.33 Å². The maximum atomic E-state index is 12.5. The Hall–Kier alpha value is -3.48. The standard InChI is InChI=1S/C17H14N6O/c24-17(13-6-7-19-16-15(13)21-11-22-16)20-10-14-18-8-9-23(14)12-4-2-1-3-5-12/h1-9,11H,10H2,(H,20,24)(H,19,21,22). The highest BCUT2D eigenvalue weighted by atomic mass is 16.1. The molecule has 0 atom stereocenters. The Kier molecular flexibility index (Phi) is 3.51. The van der Waals surface area contributed by atoms with E-state index < -0.39 is 0 Å². The fourth-order valence-corrected chi connectivity index (χ4v) is 2.58. The number of hydrogen-bond donors (Lipinski definition) is 2. The van der Waals surface area contributed by atoms with Gasteiger partial charge in [0.2, 0.25) is 0 Å². The summed E-state index contributed by atoms with van der Waals surface area (Å²) in [6.07, 6.45) is 6.68. The average molecular weight is 318 g/mol. The molecule has 2 N–H and O–H groups in total. The molecule has 0 bridgehead atoms. The molecule has 1 amide bonds. The van der Waals surface area contributed by atoms with Crippen LogP contribution in [0.2, 0.25) is 0 Å². The van der Waals surface area contributed by atoms with Crippen molar-refractivity contribution in [3.63, 3.8) is 0 Å². The zero-order valence-electron chi connectivity index (χ0n) is 12.7. The molecule has 0 radical (unpaired) electrons. The molecule has 0 unspecified atom stereocenters. The van der Waals surface area contributed by atoms with Gasteiger partial charge in [0, 0.05) is 24.3 Å². The molecule has 1 aromatic carbocycles. The van der Waals surface area contributed by atoms with Crippen molar-refractivity contribution in [2.75, 3.05) is 0 Å². The van der Waals surface area contributed by atoms with Crippen molar-refractivity contribution in [1.29, 1.82) is 0 Å². The van der Waals surface area contributed by atoms with Crippen molar-refractivity contribution in [2.24, 2.45) is 0 Å². The van der Waals surface area contributed by atoms with Crippen molar-refractivity contribution >= 4 is 17.1 Å². The summed E-state index contributed by atoms with van der Waals surface area (Å²) in [5, 5.41) is 2.90. The number of aromatic amines is 1. The molecule has 3 aromatic heterocycles. The Bertz CT molecular complexity index is 988. The van der Waals surface area contributed by atoms with Crippen LogP contribution in [-0.4, -0.2) is 30.4 Å². The van der Waals surface area contributed by atoms with Gasteiger partial charge in [0.05, 0.1) is 24.0 Å². The summed E-state index contributed by atoms with van der Waals surface area (Å²) < 4.78 is 1.94. The molecular formula is C17H14N6O. The number of aromatic nitrogens is 5. The number of pyridine rings is 1. The highest BCUT2D eigenvalue weighted by molar-refractivity contribution is 6.03. The maximum Gasteiger partial charge on any atom is 0.253 e. The molecule has 7 nitrogen and oxygen atoms in total. The summed E-state index contributed by atoms with van der Waals surface area (Å²) in [6, 6.07) is 11.5. The molecule has 24 heavy (non-hydrogen) atoms. The second-order valence-electron chi connectivity index (χ2n) is 5.19. The summed E-state index contributed by atoms with van der Waals surface area (Å²) in [7, 11) is 0. The highest BCUT2D eigenvalue weighted by Gasteiger charge is 2.13. The number of carbonyl (C=O) groups is 1. The number of imidazole rings is 2. The fourth-order valence-electron chi connectivity index (χ4n) is 2.58. The first-order valence-electron chi connectivity index (χ1n) is 7.47. The molecule has 0 aliphatic rings. The molecule has 4 rings (SSSR count). The average Bonchev–Trinajstić information content (AvgIpc) is 3.29. The number of hydrogen-bond acceptors (Lipinski definition) is 4. The van der Waals surface area contributed by atoms with E-state index in [0.717, 1.165) is 11.5 Å². The van der Waals surface area contributed by atoms with Crippen LogP contribution in [0.25, 0.3) is 16.9 Å². The van der Waals surface area contributed by atoms with Crippen LogP contribution in [0.15, 0.2) is 61.3 Å². The highest BCUT2D eigenvalue weighted by Crippen LogP contribution is 2.13. The van der Waals surface area contributed by atoms with E-state index in [2.05, 4.69) is 25.3 Å². The lowest BCUT2D eigenvalue weighted by Gasteiger charge is -2.09. The van der Waals surface area contributed by atoms with E-state index in [1.54, 1.807) is 18.5 Å².